The number of rotatable bonds is 2. The molecule has 1 aromatic rings. The zero-order valence-electron chi connectivity index (χ0n) is 12.7. The van der Waals surface area contributed by atoms with Crippen LogP contribution in [0.15, 0.2) is 24.3 Å². The second-order valence-electron chi connectivity index (χ2n) is 6.35. The molecule has 3 atom stereocenters. The molecule has 2 aliphatic heterocycles. The lowest BCUT2D eigenvalue weighted by molar-refractivity contribution is -0.147. The smallest absolute Gasteiger partial charge is 0.308 e. The van der Waals surface area contributed by atoms with E-state index >= 15 is 0 Å². The van der Waals surface area contributed by atoms with Gasteiger partial charge in [-0.2, -0.15) is 0 Å². The SMILES string of the molecule is CC1CC(C(=O)O)CN(C(=O)C2CCOc3ccccc32)C1. The molecule has 118 valence electrons. The van der Waals surface area contributed by atoms with Gasteiger partial charge in [-0.25, -0.2) is 0 Å². The standard InChI is InChI=1S/C17H21NO4/c1-11-8-12(17(20)21)10-18(9-11)16(19)14-6-7-22-15-5-3-2-4-13(14)15/h2-5,11-12,14H,6-10H2,1H3,(H,20,21). The number of piperidine rings is 1. The van der Waals surface area contributed by atoms with E-state index < -0.39 is 11.9 Å². The molecule has 3 rings (SSSR count). The molecule has 0 spiro atoms. The Labute approximate surface area is 129 Å². The molecule has 1 amide bonds. The number of aliphatic carboxylic acids is 1. The molecule has 2 heterocycles. The van der Waals surface area contributed by atoms with Crippen molar-refractivity contribution in [3.8, 4) is 5.75 Å². The van der Waals surface area contributed by atoms with Crippen molar-refractivity contribution in [1.29, 1.82) is 0 Å². The maximum absolute atomic E-state index is 12.9. The Bertz CT molecular complexity index is 586. The number of carbonyl (C=O) groups is 2. The van der Waals surface area contributed by atoms with Crippen molar-refractivity contribution in [2.45, 2.75) is 25.7 Å². The van der Waals surface area contributed by atoms with E-state index in [0.717, 1.165) is 11.3 Å². The highest BCUT2D eigenvalue weighted by Gasteiger charge is 2.36. The van der Waals surface area contributed by atoms with Crippen molar-refractivity contribution in [1.82, 2.24) is 4.90 Å². The fourth-order valence-electron chi connectivity index (χ4n) is 3.53. The van der Waals surface area contributed by atoms with E-state index in [1.165, 1.54) is 0 Å². The zero-order valence-corrected chi connectivity index (χ0v) is 12.7. The number of benzene rings is 1. The van der Waals surface area contributed by atoms with Gasteiger partial charge >= 0.3 is 5.97 Å². The normalized spacial score (nSPS) is 27.7. The summed E-state index contributed by atoms with van der Waals surface area (Å²) in [6, 6.07) is 7.62. The molecule has 1 N–H and O–H groups in total. The first kappa shape index (κ1) is 14.9. The fraction of sp³-hybridized carbons (Fsp3) is 0.529. The quantitative estimate of drug-likeness (QED) is 0.909. The summed E-state index contributed by atoms with van der Waals surface area (Å²) in [5.74, 6) is -0.460. The van der Waals surface area contributed by atoms with Gasteiger partial charge in [-0.3, -0.25) is 9.59 Å². The largest absolute Gasteiger partial charge is 0.493 e. The Kier molecular flexibility index (Phi) is 4.05. The highest BCUT2D eigenvalue weighted by molar-refractivity contribution is 5.85. The topological polar surface area (TPSA) is 66.8 Å². The van der Waals surface area contributed by atoms with Crippen LogP contribution in [0, 0.1) is 11.8 Å². The Hall–Kier alpha value is -2.04. The van der Waals surface area contributed by atoms with Gasteiger partial charge in [-0.15, -0.1) is 0 Å². The third-order valence-electron chi connectivity index (χ3n) is 4.58. The van der Waals surface area contributed by atoms with Gasteiger partial charge < -0.3 is 14.7 Å². The minimum atomic E-state index is -0.809. The van der Waals surface area contributed by atoms with Gasteiger partial charge in [-0.1, -0.05) is 25.1 Å². The Morgan fingerprint density at radius 2 is 2.05 bits per heavy atom. The minimum Gasteiger partial charge on any atom is -0.493 e. The Balaban J connectivity index is 1.81. The van der Waals surface area contributed by atoms with Crippen LogP contribution in [0.1, 0.15) is 31.2 Å². The predicted octanol–water partition coefficient (Wildman–Crippen LogP) is 2.12. The van der Waals surface area contributed by atoms with Gasteiger partial charge in [0.1, 0.15) is 5.75 Å². The van der Waals surface area contributed by atoms with Gasteiger partial charge in [0.05, 0.1) is 18.4 Å². The predicted molar refractivity (Wildman–Crippen MR) is 80.8 cm³/mol. The summed E-state index contributed by atoms with van der Waals surface area (Å²) in [7, 11) is 0. The number of carbonyl (C=O) groups excluding carboxylic acids is 1. The van der Waals surface area contributed by atoms with Crippen molar-refractivity contribution >= 4 is 11.9 Å². The van der Waals surface area contributed by atoms with Crippen LogP contribution in [0.3, 0.4) is 0 Å². The van der Waals surface area contributed by atoms with Gasteiger partial charge in [-0.05, 0) is 24.8 Å². The van der Waals surface area contributed by atoms with E-state index in [-0.39, 0.29) is 17.7 Å². The van der Waals surface area contributed by atoms with Crippen LogP contribution in [0.4, 0.5) is 0 Å². The van der Waals surface area contributed by atoms with E-state index in [4.69, 9.17) is 4.74 Å². The lowest BCUT2D eigenvalue weighted by Gasteiger charge is -2.37. The molecule has 0 aliphatic carbocycles. The van der Waals surface area contributed by atoms with Gasteiger partial charge in [0.25, 0.3) is 0 Å². The van der Waals surface area contributed by atoms with E-state index in [0.29, 0.717) is 32.5 Å². The average Bonchev–Trinajstić information content (AvgIpc) is 2.53. The summed E-state index contributed by atoms with van der Waals surface area (Å²) in [5, 5.41) is 9.27. The van der Waals surface area contributed by atoms with E-state index in [9.17, 15) is 14.7 Å². The first-order valence-electron chi connectivity index (χ1n) is 7.79. The summed E-state index contributed by atoms with van der Waals surface area (Å²) in [6.07, 6.45) is 1.29. The second kappa shape index (κ2) is 5.99. The number of likely N-dealkylation sites (tertiary alicyclic amines) is 1. The zero-order chi connectivity index (χ0) is 15.7. The average molecular weight is 303 g/mol. The first-order valence-corrected chi connectivity index (χ1v) is 7.79. The number of carboxylic acid groups (broad SMARTS) is 1. The summed E-state index contributed by atoms with van der Waals surface area (Å²) in [4.78, 5) is 25.9. The second-order valence-corrected chi connectivity index (χ2v) is 6.35. The number of ether oxygens (including phenoxy) is 1. The highest BCUT2D eigenvalue weighted by atomic mass is 16.5. The summed E-state index contributed by atoms with van der Waals surface area (Å²) < 4.78 is 5.61. The Morgan fingerprint density at radius 3 is 2.82 bits per heavy atom. The molecule has 5 heteroatoms. The number of amides is 1. The summed E-state index contributed by atoms with van der Waals surface area (Å²) in [5.41, 5.74) is 0.920. The number of nitrogens with zero attached hydrogens (tertiary/aromatic N) is 1. The maximum Gasteiger partial charge on any atom is 0.308 e. The third-order valence-corrected chi connectivity index (χ3v) is 4.58. The first-order chi connectivity index (χ1) is 10.6. The monoisotopic (exact) mass is 303 g/mol. The minimum absolute atomic E-state index is 0.0357. The van der Waals surface area contributed by atoms with Crippen molar-refractivity contribution in [3.05, 3.63) is 29.8 Å². The molecule has 1 fully saturated rings. The molecule has 2 aliphatic rings. The molecule has 0 saturated carbocycles. The molecule has 0 radical (unpaired) electrons. The number of hydrogen-bond acceptors (Lipinski definition) is 3. The van der Waals surface area contributed by atoms with Gasteiger partial charge in [0, 0.05) is 18.7 Å². The van der Waals surface area contributed by atoms with Gasteiger partial charge in [0.2, 0.25) is 5.91 Å². The number of fused-ring (bicyclic) bond motifs is 1. The van der Waals surface area contributed by atoms with Crippen LogP contribution >= 0.6 is 0 Å². The van der Waals surface area contributed by atoms with Crippen LogP contribution in [0.5, 0.6) is 5.75 Å². The van der Waals surface area contributed by atoms with Crippen LogP contribution in [0.2, 0.25) is 0 Å². The van der Waals surface area contributed by atoms with Crippen LogP contribution in [0.25, 0.3) is 0 Å². The molecule has 0 bridgehead atoms. The lowest BCUT2D eigenvalue weighted by Crippen LogP contribution is -2.47. The summed E-state index contributed by atoms with van der Waals surface area (Å²) >= 11 is 0. The molecular weight excluding hydrogens is 282 g/mol. The van der Waals surface area contributed by atoms with Crippen molar-refractivity contribution in [2.24, 2.45) is 11.8 Å². The number of para-hydroxylation sites is 1. The number of hydrogen-bond donors (Lipinski definition) is 1. The lowest BCUT2D eigenvalue weighted by atomic mass is 9.87. The van der Waals surface area contributed by atoms with Crippen molar-refractivity contribution < 1.29 is 19.4 Å². The maximum atomic E-state index is 12.9. The van der Waals surface area contributed by atoms with E-state index in [2.05, 4.69) is 0 Å². The third kappa shape index (κ3) is 2.80. The summed E-state index contributed by atoms with van der Waals surface area (Å²) in [6.45, 7) is 3.49. The van der Waals surface area contributed by atoms with Crippen LogP contribution in [-0.4, -0.2) is 41.6 Å². The highest BCUT2D eigenvalue weighted by Crippen LogP contribution is 2.35. The molecule has 3 unspecified atom stereocenters. The van der Waals surface area contributed by atoms with E-state index in [1.807, 2.05) is 31.2 Å². The molecule has 1 aromatic carbocycles. The Morgan fingerprint density at radius 1 is 1.27 bits per heavy atom. The van der Waals surface area contributed by atoms with Gasteiger partial charge in [0.15, 0.2) is 0 Å². The van der Waals surface area contributed by atoms with Crippen LogP contribution < -0.4 is 4.74 Å². The molecule has 22 heavy (non-hydrogen) atoms. The molecule has 1 saturated heterocycles. The van der Waals surface area contributed by atoms with E-state index in [1.54, 1.807) is 4.90 Å². The number of carboxylic acids is 1. The molecule has 5 nitrogen and oxygen atoms in total. The fourth-order valence-corrected chi connectivity index (χ4v) is 3.53. The van der Waals surface area contributed by atoms with Crippen LogP contribution in [-0.2, 0) is 9.59 Å². The van der Waals surface area contributed by atoms with Crippen molar-refractivity contribution in [2.75, 3.05) is 19.7 Å². The molecule has 0 aromatic heterocycles. The van der Waals surface area contributed by atoms with Crippen molar-refractivity contribution in [3.63, 3.8) is 0 Å². The molecular formula is C17H21NO4.